The normalized spacial score (nSPS) is 11.4. The second kappa shape index (κ2) is 5.29. The number of rotatable bonds is 3. The van der Waals surface area contributed by atoms with Crippen LogP contribution in [0.3, 0.4) is 0 Å². The monoisotopic (exact) mass is 263 g/mol. The van der Waals surface area contributed by atoms with Crippen LogP contribution in [0, 0.1) is 0 Å². The number of hydrogen-bond acceptors (Lipinski definition) is 2. The average molecular weight is 263 g/mol. The summed E-state index contributed by atoms with van der Waals surface area (Å²) in [5.41, 5.74) is 1.29. The lowest BCUT2D eigenvalue weighted by Gasteiger charge is -2.06. The first kappa shape index (κ1) is 12.7. The van der Waals surface area contributed by atoms with Crippen LogP contribution in [-0.4, -0.2) is 18.3 Å². The SMILES string of the molecule is CC(C)c1ncc(-c2ccc(P(C)C)cc2)s1. The Hall–Kier alpha value is -0.720. The highest BCUT2D eigenvalue weighted by molar-refractivity contribution is 7.64. The zero-order valence-electron chi connectivity index (χ0n) is 10.8. The van der Waals surface area contributed by atoms with Crippen molar-refractivity contribution in [2.45, 2.75) is 19.8 Å². The number of aromatic nitrogens is 1. The second-order valence-electron chi connectivity index (χ2n) is 4.66. The molecule has 0 bridgehead atoms. The van der Waals surface area contributed by atoms with Gasteiger partial charge in [0.1, 0.15) is 0 Å². The predicted octanol–water partition coefficient (Wildman–Crippen LogP) is 4.30. The standard InChI is InChI=1S/C14H18NPS/c1-10(2)14-15-9-13(17-14)11-5-7-12(8-6-11)16(3)4/h5-10H,1-4H3. The zero-order valence-corrected chi connectivity index (χ0v) is 12.5. The van der Waals surface area contributed by atoms with Crippen LogP contribution < -0.4 is 5.30 Å². The molecule has 2 aromatic rings. The third-order valence-electron chi connectivity index (χ3n) is 2.69. The molecule has 0 atom stereocenters. The summed E-state index contributed by atoms with van der Waals surface area (Å²) in [7, 11) is 0.00583. The van der Waals surface area contributed by atoms with Gasteiger partial charge in [0.25, 0.3) is 0 Å². The molecule has 0 saturated carbocycles. The molecule has 90 valence electrons. The quantitative estimate of drug-likeness (QED) is 0.752. The molecule has 3 heteroatoms. The molecule has 0 aliphatic carbocycles. The van der Waals surface area contributed by atoms with E-state index in [0.29, 0.717) is 5.92 Å². The van der Waals surface area contributed by atoms with Crippen molar-refractivity contribution in [3.63, 3.8) is 0 Å². The Morgan fingerprint density at radius 2 is 1.76 bits per heavy atom. The fourth-order valence-corrected chi connectivity index (χ4v) is 3.28. The van der Waals surface area contributed by atoms with Gasteiger partial charge in [-0.3, -0.25) is 0 Å². The van der Waals surface area contributed by atoms with E-state index >= 15 is 0 Å². The average Bonchev–Trinajstić information content (AvgIpc) is 2.78. The fourth-order valence-electron chi connectivity index (χ4n) is 1.61. The van der Waals surface area contributed by atoms with E-state index < -0.39 is 0 Å². The highest BCUT2D eigenvalue weighted by Gasteiger charge is 2.07. The van der Waals surface area contributed by atoms with Crippen molar-refractivity contribution in [2.75, 3.05) is 13.3 Å². The largest absolute Gasteiger partial charge is 0.249 e. The van der Waals surface area contributed by atoms with Gasteiger partial charge in [0.15, 0.2) is 0 Å². The van der Waals surface area contributed by atoms with Gasteiger partial charge in [0.05, 0.1) is 9.88 Å². The maximum atomic E-state index is 4.47. The molecular weight excluding hydrogens is 245 g/mol. The molecular formula is C14H18NPS. The highest BCUT2D eigenvalue weighted by Crippen LogP contribution is 2.30. The van der Waals surface area contributed by atoms with E-state index in [-0.39, 0.29) is 7.92 Å². The van der Waals surface area contributed by atoms with E-state index in [1.165, 1.54) is 20.8 Å². The van der Waals surface area contributed by atoms with Gasteiger partial charge in [-0.05, 0) is 24.2 Å². The Morgan fingerprint density at radius 3 is 2.24 bits per heavy atom. The van der Waals surface area contributed by atoms with Crippen molar-refractivity contribution in [1.82, 2.24) is 4.98 Å². The van der Waals surface area contributed by atoms with Gasteiger partial charge in [-0.15, -0.1) is 11.3 Å². The minimum atomic E-state index is 0.00583. The zero-order chi connectivity index (χ0) is 12.4. The first-order valence-corrected chi connectivity index (χ1v) is 8.86. The van der Waals surface area contributed by atoms with Crippen LogP contribution in [0.2, 0.25) is 0 Å². The van der Waals surface area contributed by atoms with Crippen LogP contribution in [0.25, 0.3) is 10.4 Å². The Labute approximate surface area is 109 Å². The first-order valence-electron chi connectivity index (χ1n) is 5.81. The van der Waals surface area contributed by atoms with E-state index in [0.717, 1.165) is 0 Å². The van der Waals surface area contributed by atoms with Gasteiger partial charge >= 0.3 is 0 Å². The van der Waals surface area contributed by atoms with E-state index in [1.807, 2.05) is 6.20 Å². The summed E-state index contributed by atoms with van der Waals surface area (Å²) in [5.74, 6) is 0.521. The maximum absolute atomic E-state index is 4.47. The smallest absolute Gasteiger partial charge is 0.0956 e. The van der Waals surface area contributed by atoms with Crippen molar-refractivity contribution >= 4 is 24.6 Å². The Morgan fingerprint density at radius 1 is 1.12 bits per heavy atom. The minimum absolute atomic E-state index is 0.00583. The van der Waals surface area contributed by atoms with Crippen LogP contribution in [-0.2, 0) is 0 Å². The molecule has 0 fully saturated rings. The molecule has 1 nitrogen and oxygen atoms in total. The lowest BCUT2D eigenvalue weighted by molar-refractivity contribution is 0.852. The Kier molecular flexibility index (Phi) is 3.96. The number of hydrogen-bond donors (Lipinski definition) is 0. The van der Waals surface area contributed by atoms with Gasteiger partial charge in [-0.25, -0.2) is 4.98 Å². The van der Waals surface area contributed by atoms with Gasteiger partial charge in [0.2, 0.25) is 0 Å². The van der Waals surface area contributed by atoms with Crippen LogP contribution >= 0.6 is 19.3 Å². The molecule has 0 radical (unpaired) electrons. The third-order valence-corrected chi connectivity index (χ3v) is 5.36. The molecule has 1 aromatic heterocycles. The minimum Gasteiger partial charge on any atom is -0.249 e. The molecule has 0 N–H and O–H groups in total. The number of nitrogens with zero attached hydrogens (tertiary/aromatic N) is 1. The molecule has 0 spiro atoms. The maximum Gasteiger partial charge on any atom is 0.0956 e. The second-order valence-corrected chi connectivity index (χ2v) is 8.03. The Bertz CT molecular complexity index is 485. The van der Waals surface area contributed by atoms with Crippen molar-refractivity contribution in [3.05, 3.63) is 35.5 Å². The molecule has 0 saturated heterocycles. The van der Waals surface area contributed by atoms with Crippen LogP contribution in [0.15, 0.2) is 30.5 Å². The van der Waals surface area contributed by atoms with Crippen molar-refractivity contribution in [3.8, 4) is 10.4 Å². The van der Waals surface area contributed by atoms with Gasteiger partial charge in [-0.2, -0.15) is 0 Å². The van der Waals surface area contributed by atoms with E-state index in [4.69, 9.17) is 0 Å². The lowest BCUT2D eigenvalue weighted by atomic mass is 10.2. The van der Waals surface area contributed by atoms with Crippen LogP contribution in [0.4, 0.5) is 0 Å². The van der Waals surface area contributed by atoms with E-state index in [9.17, 15) is 0 Å². The summed E-state index contributed by atoms with van der Waals surface area (Å²) >= 11 is 1.80. The summed E-state index contributed by atoms with van der Waals surface area (Å²) in [6, 6.07) is 8.93. The summed E-state index contributed by atoms with van der Waals surface area (Å²) in [6.45, 7) is 8.95. The van der Waals surface area contributed by atoms with Gasteiger partial charge in [0, 0.05) is 12.1 Å². The topological polar surface area (TPSA) is 12.9 Å². The first-order chi connectivity index (χ1) is 8.08. The summed E-state index contributed by atoms with van der Waals surface area (Å²) < 4.78 is 0. The molecule has 0 aliphatic heterocycles. The van der Waals surface area contributed by atoms with Crippen LogP contribution in [0.1, 0.15) is 24.8 Å². The molecule has 1 heterocycles. The third kappa shape index (κ3) is 2.94. The van der Waals surface area contributed by atoms with Gasteiger partial charge in [-0.1, -0.05) is 46.0 Å². The summed E-state index contributed by atoms with van der Waals surface area (Å²) in [4.78, 5) is 5.75. The van der Waals surface area contributed by atoms with Crippen molar-refractivity contribution in [2.24, 2.45) is 0 Å². The highest BCUT2D eigenvalue weighted by atomic mass is 32.1. The molecule has 1 aromatic carbocycles. The lowest BCUT2D eigenvalue weighted by Crippen LogP contribution is -1.96. The molecule has 0 aliphatic rings. The fraction of sp³-hybridized carbons (Fsp3) is 0.357. The number of benzene rings is 1. The summed E-state index contributed by atoms with van der Waals surface area (Å²) in [6.07, 6.45) is 2.00. The van der Waals surface area contributed by atoms with Crippen molar-refractivity contribution in [1.29, 1.82) is 0 Å². The molecule has 17 heavy (non-hydrogen) atoms. The number of thiazole rings is 1. The predicted molar refractivity (Wildman–Crippen MR) is 80.0 cm³/mol. The summed E-state index contributed by atoms with van der Waals surface area (Å²) in [5, 5.41) is 2.68. The molecule has 0 amide bonds. The van der Waals surface area contributed by atoms with E-state index in [1.54, 1.807) is 11.3 Å². The van der Waals surface area contributed by atoms with Crippen molar-refractivity contribution < 1.29 is 0 Å². The van der Waals surface area contributed by atoms with Crippen LogP contribution in [0.5, 0.6) is 0 Å². The molecule has 2 rings (SSSR count). The van der Waals surface area contributed by atoms with Gasteiger partial charge < -0.3 is 0 Å². The molecule has 0 unspecified atom stereocenters. The Balaban J connectivity index is 2.27. The van der Waals surface area contributed by atoms with E-state index in [2.05, 4.69) is 56.4 Å².